The Morgan fingerprint density at radius 2 is 1.33 bits per heavy atom. The predicted molar refractivity (Wildman–Crippen MR) is 135 cm³/mol. The van der Waals surface area contributed by atoms with Crippen molar-refractivity contribution in [2.75, 3.05) is 0 Å². The fourth-order valence-corrected chi connectivity index (χ4v) is 6.18. The Kier molecular flexibility index (Phi) is 4.83. The van der Waals surface area contributed by atoms with E-state index in [1.54, 1.807) is 0 Å². The van der Waals surface area contributed by atoms with E-state index in [0.29, 0.717) is 5.92 Å². The highest BCUT2D eigenvalue weighted by Crippen LogP contribution is 2.43. The van der Waals surface area contributed by atoms with Gasteiger partial charge in [0, 0.05) is 18.1 Å². The summed E-state index contributed by atoms with van der Waals surface area (Å²) in [7, 11) is 0. The number of imidazole rings is 1. The molecule has 33 heavy (non-hydrogen) atoms. The minimum absolute atomic E-state index is 0.339. The Balaban J connectivity index is 1.73. The van der Waals surface area contributed by atoms with Crippen molar-refractivity contribution < 1.29 is 4.57 Å². The van der Waals surface area contributed by atoms with E-state index in [0.717, 1.165) is 0 Å². The molecule has 0 N–H and O–H groups in total. The summed E-state index contributed by atoms with van der Waals surface area (Å²) in [6.07, 6.45) is 9.94. The van der Waals surface area contributed by atoms with Gasteiger partial charge in [0.2, 0.25) is 0 Å². The number of allylic oxidation sites excluding steroid dienone is 1. The minimum atomic E-state index is -0.339. The van der Waals surface area contributed by atoms with Crippen LogP contribution in [0.5, 0.6) is 0 Å². The first-order valence-electron chi connectivity index (χ1n) is 12.3. The maximum atomic E-state index is 2.68. The summed E-state index contributed by atoms with van der Waals surface area (Å²) in [5.74, 6) is 2.01. The number of aromatic nitrogens is 2. The molecule has 1 fully saturated rings. The first kappa shape index (κ1) is 20.2. The van der Waals surface area contributed by atoms with E-state index in [9.17, 15) is 0 Å². The Bertz CT molecular complexity index is 1280. The molecule has 2 heterocycles. The first-order valence-corrected chi connectivity index (χ1v) is 12.3. The summed E-state index contributed by atoms with van der Waals surface area (Å²) in [5.41, 5.74) is 7.58. The Labute approximate surface area is 196 Å². The molecule has 0 atom stereocenters. The molecule has 0 unspecified atom stereocenters. The zero-order valence-corrected chi connectivity index (χ0v) is 19.5. The van der Waals surface area contributed by atoms with Crippen molar-refractivity contribution in [1.82, 2.24) is 4.57 Å². The van der Waals surface area contributed by atoms with Gasteiger partial charge in [0.1, 0.15) is 5.69 Å². The lowest BCUT2D eigenvalue weighted by Crippen LogP contribution is -2.58. The fourth-order valence-electron chi connectivity index (χ4n) is 6.18. The van der Waals surface area contributed by atoms with Gasteiger partial charge in [-0.15, -0.1) is 0 Å². The van der Waals surface area contributed by atoms with E-state index in [2.05, 4.69) is 120 Å². The number of aryl methyl sites for hydroxylation is 1. The van der Waals surface area contributed by atoms with Crippen molar-refractivity contribution in [2.45, 2.75) is 51.0 Å². The molecule has 2 heteroatoms. The third-order valence-corrected chi connectivity index (χ3v) is 7.74. The quantitative estimate of drug-likeness (QED) is 0.312. The third-order valence-electron chi connectivity index (χ3n) is 7.74. The average molecular weight is 432 g/mol. The van der Waals surface area contributed by atoms with Crippen molar-refractivity contribution in [3.8, 4) is 5.69 Å². The highest BCUT2D eigenvalue weighted by Gasteiger charge is 2.50. The van der Waals surface area contributed by atoms with Crippen LogP contribution in [-0.2, 0) is 5.54 Å². The van der Waals surface area contributed by atoms with Crippen LogP contribution < -0.4 is 4.57 Å². The molecule has 0 spiro atoms. The SMILES string of the molecule is Cc1ccccc1-n1c(C)c2[n+](c1C1CCCC1)C(c1ccccc1)(c1ccccc1)C=C2. The van der Waals surface area contributed by atoms with Gasteiger partial charge < -0.3 is 0 Å². The summed E-state index contributed by atoms with van der Waals surface area (Å²) in [6, 6.07) is 30.9. The van der Waals surface area contributed by atoms with E-state index in [1.165, 1.54) is 65.3 Å². The molecule has 2 nitrogen and oxygen atoms in total. The minimum Gasteiger partial charge on any atom is -0.209 e. The molecule has 4 aromatic rings. The molecule has 2 aliphatic rings. The van der Waals surface area contributed by atoms with Crippen LogP contribution in [-0.4, -0.2) is 4.57 Å². The van der Waals surface area contributed by atoms with Gasteiger partial charge in [-0.05, 0) is 43.5 Å². The monoisotopic (exact) mass is 431 g/mol. The number of nitrogens with zero attached hydrogens (tertiary/aromatic N) is 2. The smallest absolute Gasteiger partial charge is 0.209 e. The number of rotatable bonds is 4. The topological polar surface area (TPSA) is 8.81 Å². The van der Waals surface area contributed by atoms with Gasteiger partial charge in [0.25, 0.3) is 5.82 Å². The summed E-state index contributed by atoms with van der Waals surface area (Å²) in [4.78, 5) is 0. The zero-order valence-electron chi connectivity index (χ0n) is 19.5. The van der Waals surface area contributed by atoms with E-state index in [1.807, 2.05) is 0 Å². The second-order valence-electron chi connectivity index (χ2n) is 9.60. The molecule has 0 radical (unpaired) electrons. The molecule has 0 bridgehead atoms. The predicted octanol–water partition coefficient (Wildman–Crippen LogP) is 6.86. The fraction of sp³-hybridized carbons (Fsp3) is 0.258. The molecule has 164 valence electrons. The van der Waals surface area contributed by atoms with E-state index < -0.39 is 0 Å². The highest BCUT2D eigenvalue weighted by molar-refractivity contribution is 5.58. The van der Waals surface area contributed by atoms with Crippen LogP contribution in [0, 0.1) is 13.8 Å². The van der Waals surface area contributed by atoms with E-state index in [-0.39, 0.29) is 5.54 Å². The lowest BCUT2D eigenvalue weighted by Gasteiger charge is -2.29. The number of hydrogen-bond donors (Lipinski definition) is 0. The van der Waals surface area contributed by atoms with E-state index >= 15 is 0 Å². The van der Waals surface area contributed by atoms with Gasteiger partial charge in [0.15, 0.2) is 16.9 Å². The van der Waals surface area contributed by atoms with Crippen molar-refractivity contribution in [3.63, 3.8) is 0 Å². The number of fused-ring (bicyclic) bond motifs is 1. The van der Waals surface area contributed by atoms with Gasteiger partial charge in [-0.2, -0.15) is 4.57 Å². The van der Waals surface area contributed by atoms with Crippen LogP contribution >= 0.6 is 0 Å². The standard InChI is InChI=1S/C31H31N2/c1-23-13-9-12-20-28(23)32-24(2)29-21-22-31(26-16-5-3-6-17-26,27-18-7-4-8-19-27)33(29)30(32)25-14-10-11-15-25/h3-9,12-13,16-22,25H,10-11,14-15H2,1-2H3/q+1. The van der Waals surface area contributed by atoms with Crippen LogP contribution in [0.1, 0.15) is 65.5 Å². The Morgan fingerprint density at radius 3 is 1.94 bits per heavy atom. The molecule has 1 aliphatic heterocycles. The molecule has 3 aromatic carbocycles. The maximum Gasteiger partial charge on any atom is 0.266 e. The van der Waals surface area contributed by atoms with Crippen LogP contribution in [0.25, 0.3) is 11.8 Å². The van der Waals surface area contributed by atoms with Crippen molar-refractivity contribution in [2.24, 2.45) is 0 Å². The normalized spacial score (nSPS) is 16.9. The molecular weight excluding hydrogens is 400 g/mol. The lowest BCUT2D eigenvalue weighted by molar-refractivity contribution is -0.737. The van der Waals surface area contributed by atoms with Gasteiger partial charge in [-0.1, -0.05) is 91.7 Å². The van der Waals surface area contributed by atoms with Crippen molar-refractivity contribution in [1.29, 1.82) is 0 Å². The van der Waals surface area contributed by atoms with Crippen LogP contribution in [0.2, 0.25) is 0 Å². The molecule has 1 aliphatic carbocycles. The van der Waals surface area contributed by atoms with Gasteiger partial charge in [-0.3, -0.25) is 0 Å². The highest BCUT2D eigenvalue weighted by atomic mass is 15.2. The number of hydrogen-bond acceptors (Lipinski definition) is 0. The number of benzene rings is 3. The molecule has 0 amide bonds. The summed E-state index contributed by atoms with van der Waals surface area (Å²) >= 11 is 0. The van der Waals surface area contributed by atoms with E-state index in [4.69, 9.17) is 0 Å². The average Bonchev–Trinajstić information content (AvgIpc) is 3.58. The molecule has 1 aromatic heterocycles. The second kappa shape index (κ2) is 7.88. The molecular formula is C31H31N2+. The third kappa shape index (κ3) is 2.97. The molecule has 6 rings (SSSR count). The number of para-hydroxylation sites is 1. The molecule has 0 saturated heterocycles. The zero-order chi connectivity index (χ0) is 22.4. The first-order chi connectivity index (χ1) is 16.2. The van der Waals surface area contributed by atoms with Crippen LogP contribution in [0.3, 0.4) is 0 Å². The van der Waals surface area contributed by atoms with Gasteiger partial charge in [-0.25, -0.2) is 4.57 Å². The summed E-state index contributed by atoms with van der Waals surface area (Å²) < 4.78 is 5.25. The summed E-state index contributed by atoms with van der Waals surface area (Å²) in [6.45, 7) is 4.54. The largest absolute Gasteiger partial charge is 0.266 e. The second-order valence-corrected chi connectivity index (χ2v) is 9.60. The van der Waals surface area contributed by atoms with Crippen LogP contribution in [0.4, 0.5) is 0 Å². The summed E-state index contributed by atoms with van der Waals surface area (Å²) in [5, 5.41) is 0. The molecule has 1 saturated carbocycles. The van der Waals surface area contributed by atoms with Gasteiger partial charge >= 0.3 is 0 Å². The van der Waals surface area contributed by atoms with Crippen molar-refractivity contribution in [3.05, 3.63) is 125 Å². The lowest BCUT2D eigenvalue weighted by atomic mass is 9.82. The van der Waals surface area contributed by atoms with Crippen molar-refractivity contribution >= 4 is 6.08 Å². The maximum absolute atomic E-state index is 2.68. The van der Waals surface area contributed by atoms with Gasteiger partial charge in [0.05, 0.1) is 5.92 Å². The van der Waals surface area contributed by atoms with Crippen LogP contribution in [0.15, 0.2) is 91.0 Å². The Hall–Kier alpha value is -3.39. The Morgan fingerprint density at radius 1 is 0.758 bits per heavy atom.